The molecule has 1 aromatic heterocycles. The number of aromatic nitrogens is 1. The molecule has 0 saturated carbocycles. The van der Waals surface area contributed by atoms with Crippen molar-refractivity contribution in [2.45, 2.75) is 18.0 Å². The Balaban J connectivity index is 2.10. The number of ether oxygens (including phenoxy) is 4. The van der Waals surface area contributed by atoms with Crippen molar-refractivity contribution < 1.29 is 41.7 Å². The number of halogens is 4. The zero-order valence-electron chi connectivity index (χ0n) is 15.5. The van der Waals surface area contributed by atoms with E-state index in [0.29, 0.717) is 0 Å². The van der Waals surface area contributed by atoms with Crippen molar-refractivity contribution in [2.24, 2.45) is 0 Å². The zero-order valence-corrected chi connectivity index (χ0v) is 17.2. The van der Waals surface area contributed by atoms with Gasteiger partial charge in [-0.15, -0.1) is 12.6 Å². The minimum atomic E-state index is -4.76. The van der Waals surface area contributed by atoms with Crippen molar-refractivity contribution in [3.63, 3.8) is 0 Å². The minimum absolute atomic E-state index is 0.0109. The predicted molar refractivity (Wildman–Crippen MR) is 102 cm³/mol. The molecule has 0 amide bonds. The monoisotopic (exact) mass is 465 g/mol. The molecule has 162 valence electrons. The van der Waals surface area contributed by atoms with Crippen LogP contribution in [0.15, 0.2) is 36.5 Å². The standard InChI is InChI=1S/C18H15ClF3NO6S/c1-17(30,16(25)27-9-13(24)26-2)29-11-5-3-10(4-6-11)28-15-14(18(20,21)22)12(19)7-8-23-15/h3-8,30H,9H2,1-2H3. The molecule has 12 heteroatoms. The summed E-state index contributed by atoms with van der Waals surface area (Å²) in [5.74, 6) is -2.29. The van der Waals surface area contributed by atoms with E-state index in [1.807, 2.05) is 0 Å². The van der Waals surface area contributed by atoms with E-state index in [1.54, 1.807) is 0 Å². The Labute approximate surface area is 179 Å². The van der Waals surface area contributed by atoms with Crippen molar-refractivity contribution >= 4 is 36.2 Å². The maximum atomic E-state index is 13.2. The van der Waals surface area contributed by atoms with Crippen LogP contribution in [-0.2, 0) is 25.2 Å². The van der Waals surface area contributed by atoms with E-state index in [4.69, 9.17) is 25.8 Å². The van der Waals surface area contributed by atoms with Gasteiger partial charge in [-0.05, 0) is 37.3 Å². The van der Waals surface area contributed by atoms with E-state index in [2.05, 4.69) is 22.3 Å². The quantitative estimate of drug-likeness (QED) is 0.371. The SMILES string of the molecule is COC(=O)COC(=O)C(C)(S)Oc1ccc(Oc2nccc(Cl)c2C(F)(F)F)cc1. The normalized spacial score (nSPS) is 13.2. The van der Waals surface area contributed by atoms with Crippen molar-refractivity contribution in [3.8, 4) is 17.4 Å². The number of hydrogen-bond donors (Lipinski definition) is 1. The summed E-state index contributed by atoms with van der Waals surface area (Å²) in [6.45, 7) is 0.668. The summed E-state index contributed by atoms with van der Waals surface area (Å²) < 4.78 is 59.2. The van der Waals surface area contributed by atoms with Crippen LogP contribution in [0, 0.1) is 0 Å². The van der Waals surface area contributed by atoms with Gasteiger partial charge in [-0.2, -0.15) is 13.2 Å². The molecule has 2 aromatic rings. The number of thiol groups is 1. The van der Waals surface area contributed by atoms with Gasteiger partial charge in [0.05, 0.1) is 12.1 Å². The van der Waals surface area contributed by atoms with E-state index in [1.165, 1.54) is 31.2 Å². The maximum absolute atomic E-state index is 13.2. The first-order valence-electron chi connectivity index (χ1n) is 8.09. The van der Waals surface area contributed by atoms with Crippen molar-refractivity contribution in [2.75, 3.05) is 13.7 Å². The van der Waals surface area contributed by atoms with Crippen LogP contribution in [0.4, 0.5) is 13.2 Å². The molecule has 0 spiro atoms. The van der Waals surface area contributed by atoms with Crippen LogP contribution in [0.5, 0.6) is 17.4 Å². The molecule has 2 rings (SSSR count). The average molecular weight is 466 g/mol. The Hall–Kier alpha value is -2.66. The summed E-state index contributed by atoms with van der Waals surface area (Å²) in [6, 6.07) is 6.24. The fraction of sp³-hybridized carbons (Fsp3) is 0.278. The lowest BCUT2D eigenvalue weighted by molar-refractivity contribution is -0.162. The molecule has 0 aliphatic rings. The lowest BCUT2D eigenvalue weighted by atomic mass is 10.2. The summed E-state index contributed by atoms with van der Waals surface area (Å²) in [7, 11) is 1.13. The van der Waals surface area contributed by atoms with Gasteiger partial charge >= 0.3 is 18.1 Å². The predicted octanol–water partition coefficient (Wildman–Crippen LogP) is 4.29. The minimum Gasteiger partial charge on any atom is -0.466 e. The van der Waals surface area contributed by atoms with E-state index in [0.717, 1.165) is 19.4 Å². The Morgan fingerprint density at radius 3 is 2.30 bits per heavy atom. The first-order valence-corrected chi connectivity index (χ1v) is 8.91. The second-order valence-electron chi connectivity index (χ2n) is 5.78. The third-order valence-corrected chi connectivity index (χ3v) is 4.02. The maximum Gasteiger partial charge on any atom is 0.423 e. The highest BCUT2D eigenvalue weighted by atomic mass is 35.5. The van der Waals surface area contributed by atoms with Gasteiger partial charge in [0.2, 0.25) is 10.8 Å². The van der Waals surface area contributed by atoms with Gasteiger partial charge in [-0.25, -0.2) is 14.6 Å². The van der Waals surface area contributed by atoms with Crippen LogP contribution in [0.25, 0.3) is 0 Å². The molecule has 30 heavy (non-hydrogen) atoms. The summed E-state index contributed by atoms with van der Waals surface area (Å²) in [5, 5.41) is -0.552. The van der Waals surface area contributed by atoms with Gasteiger partial charge in [0.25, 0.3) is 0 Å². The molecule has 7 nitrogen and oxygen atoms in total. The first-order chi connectivity index (χ1) is 13.9. The number of carbonyl (C=O) groups excluding carboxylic acids is 2. The van der Waals surface area contributed by atoms with Crippen LogP contribution in [0.1, 0.15) is 12.5 Å². The Kier molecular flexibility index (Phi) is 7.43. The Morgan fingerprint density at radius 2 is 1.73 bits per heavy atom. The Morgan fingerprint density at radius 1 is 1.13 bits per heavy atom. The number of alkyl halides is 3. The van der Waals surface area contributed by atoms with E-state index in [-0.39, 0.29) is 11.5 Å². The molecule has 0 saturated heterocycles. The molecule has 0 radical (unpaired) electrons. The molecule has 0 fully saturated rings. The molecule has 0 aliphatic heterocycles. The molecule has 0 aliphatic carbocycles. The summed E-state index contributed by atoms with van der Waals surface area (Å²) in [5.41, 5.74) is -1.21. The lowest BCUT2D eigenvalue weighted by Crippen LogP contribution is -2.38. The average Bonchev–Trinajstić information content (AvgIpc) is 2.66. The first kappa shape index (κ1) is 23.6. The summed E-state index contributed by atoms with van der Waals surface area (Å²) in [4.78, 5) is 24.8. The van der Waals surface area contributed by atoms with Crippen LogP contribution in [-0.4, -0.2) is 35.6 Å². The molecule has 1 atom stereocenters. The van der Waals surface area contributed by atoms with Gasteiger partial charge in [0, 0.05) is 6.20 Å². The number of pyridine rings is 1. The fourth-order valence-electron chi connectivity index (χ4n) is 2.03. The van der Waals surface area contributed by atoms with Crippen LogP contribution >= 0.6 is 24.2 Å². The Bertz CT molecular complexity index is 921. The number of benzene rings is 1. The van der Waals surface area contributed by atoms with Crippen LogP contribution < -0.4 is 9.47 Å². The zero-order chi connectivity index (χ0) is 22.5. The molecule has 0 bridgehead atoms. The smallest absolute Gasteiger partial charge is 0.423 e. The van der Waals surface area contributed by atoms with Gasteiger partial charge in [-0.1, -0.05) is 11.6 Å². The van der Waals surface area contributed by atoms with Crippen molar-refractivity contribution in [3.05, 3.63) is 47.1 Å². The van der Waals surface area contributed by atoms with E-state index in [9.17, 15) is 22.8 Å². The number of carbonyl (C=O) groups is 2. The van der Waals surface area contributed by atoms with Gasteiger partial charge in [0.15, 0.2) is 6.61 Å². The highest BCUT2D eigenvalue weighted by Gasteiger charge is 2.38. The number of hydrogen-bond acceptors (Lipinski definition) is 8. The van der Waals surface area contributed by atoms with E-state index < -0.39 is 46.1 Å². The number of rotatable bonds is 7. The molecular formula is C18H15ClF3NO6S. The van der Waals surface area contributed by atoms with Crippen molar-refractivity contribution in [1.29, 1.82) is 0 Å². The lowest BCUT2D eigenvalue weighted by Gasteiger charge is -2.23. The third-order valence-electron chi connectivity index (χ3n) is 3.43. The highest BCUT2D eigenvalue weighted by molar-refractivity contribution is 7.82. The number of esters is 2. The van der Waals surface area contributed by atoms with Gasteiger partial charge in [0.1, 0.15) is 17.1 Å². The highest BCUT2D eigenvalue weighted by Crippen LogP contribution is 2.41. The molecule has 1 unspecified atom stereocenters. The van der Waals surface area contributed by atoms with Gasteiger partial charge < -0.3 is 18.9 Å². The summed E-state index contributed by atoms with van der Waals surface area (Å²) in [6.07, 6.45) is -3.68. The molecular weight excluding hydrogens is 451 g/mol. The summed E-state index contributed by atoms with van der Waals surface area (Å²) >= 11 is 9.68. The largest absolute Gasteiger partial charge is 0.466 e. The number of nitrogens with zero attached hydrogens (tertiary/aromatic N) is 1. The van der Waals surface area contributed by atoms with Gasteiger partial charge in [-0.3, -0.25) is 0 Å². The molecule has 1 aromatic carbocycles. The molecule has 0 N–H and O–H groups in total. The van der Waals surface area contributed by atoms with Crippen molar-refractivity contribution in [1.82, 2.24) is 4.98 Å². The second-order valence-corrected chi connectivity index (χ2v) is 7.04. The third kappa shape index (κ3) is 6.17. The number of methoxy groups -OCH3 is 1. The second kappa shape index (κ2) is 9.43. The van der Waals surface area contributed by atoms with E-state index >= 15 is 0 Å². The van der Waals surface area contributed by atoms with Crippen LogP contribution in [0.2, 0.25) is 5.02 Å². The fourth-order valence-corrected chi connectivity index (χ4v) is 2.44. The van der Waals surface area contributed by atoms with Crippen LogP contribution in [0.3, 0.4) is 0 Å². The molecule has 1 heterocycles. The topological polar surface area (TPSA) is 84.0 Å².